The molecule has 0 saturated heterocycles. The molecule has 7 nitrogen and oxygen atoms in total. The van der Waals surface area contributed by atoms with Crippen LogP contribution in [0.4, 0.5) is 0 Å². The van der Waals surface area contributed by atoms with Gasteiger partial charge >= 0.3 is 5.97 Å². The normalized spacial score (nSPS) is 11.5. The third-order valence-corrected chi connectivity index (χ3v) is 4.75. The summed E-state index contributed by atoms with van der Waals surface area (Å²) in [5, 5.41) is 13.6. The van der Waals surface area contributed by atoms with Crippen LogP contribution in [0.15, 0.2) is 22.6 Å². The number of carbonyl (C=O) groups is 2. The molecule has 0 aliphatic heterocycles. The first-order valence-electron chi connectivity index (χ1n) is 6.91. The summed E-state index contributed by atoms with van der Waals surface area (Å²) in [6, 6.07) is 0. The molecule has 2 aromatic rings. The van der Waals surface area contributed by atoms with E-state index in [1.807, 2.05) is 0 Å². The topological polar surface area (TPSA) is 101 Å². The van der Waals surface area contributed by atoms with Gasteiger partial charge in [-0.25, -0.2) is 4.98 Å². The Morgan fingerprint density at radius 1 is 1.41 bits per heavy atom. The monoisotopic (exact) mass is 323 g/mol. The number of thiazole rings is 1. The SMILES string of the molecule is CCC(CC)(CNC(=O)c1cnc2sccn2c1=O)C(=O)O. The number of carbonyl (C=O) groups excluding carboxylic acids is 1. The maximum Gasteiger partial charge on any atom is 0.311 e. The lowest BCUT2D eigenvalue weighted by Crippen LogP contribution is -2.43. The molecule has 0 aromatic carbocycles. The minimum Gasteiger partial charge on any atom is -0.481 e. The number of aliphatic carboxylic acids is 1. The number of carboxylic acids is 1. The molecular formula is C14H17N3O4S. The van der Waals surface area contributed by atoms with Gasteiger partial charge in [0.2, 0.25) is 0 Å². The molecule has 8 heteroatoms. The number of carboxylic acid groups (broad SMARTS) is 1. The molecule has 0 spiro atoms. The van der Waals surface area contributed by atoms with Crippen molar-refractivity contribution in [2.75, 3.05) is 6.54 Å². The summed E-state index contributed by atoms with van der Waals surface area (Å²) in [4.78, 5) is 40.3. The second-order valence-electron chi connectivity index (χ2n) is 5.01. The van der Waals surface area contributed by atoms with Crippen molar-refractivity contribution in [2.24, 2.45) is 5.41 Å². The van der Waals surface area contributed by atoms with Crippen molar-refractivity contribution in [3.63, 3.8) is 0 Å². The Kier molecular flexibility index (Phi) is 4.60. The Hall–Kier alpha value is -2.22. The average molecular weight is 323 g/mol. The Morgan fingerprint density at radius 3 is 2.68 bits per heavy atom. The van der Waals surface area contributed by atoms with E-state index in [9.17, 15) is 19.5 Å². The van der Waals surface area contributed by atoms with Crippen molar-refractivity contribution >= 4 is 28.2 Å². The van der Waals surface area contributed by atoms with Gasteiger partial charge in [0.25, 0.3) is 11.5 Å². The van der Waals surface area contributed by atoms with Crippen LogP contribution in [0.3, 0.4) is 0 Å². The van der Waals surface area contributed by atoms with E-state index < -0.39 is 22.9 Å². The third kappa shape index (κ3) is 2.74. The van der Waals surface area contributed by atoms with Gasteiger partial charge in [-0.2, -0.15) is 0 Å². The van der Waals surface area contributed by atoms with Crippen LogP contribution < -0.4 is 10.9 Å². The fourth-order valence-corrected chi connectivity index (χ4v) is 2.88. The lowest BCUT2D eigenvalue weighted by atomic mass is 9.82. The summed E-state index contributed by atoms with van der Waals surface area (Å²) in [5.41, 5.74) is -1.58. The van der Waals surface area contributed by atoms with E-state index in [0.717, 1.165) is 0 Å². The number of amides is 1. The second-order valence-corrected chi connectivity index (χ2v) is 5.88. The van der Waals surface area contributed by atoms with E-state index in [4.69, 9.17) is 0 Å². The summed E-state index contributed by atoms with van der Waals surface area (Å²) in [6.07, 6.45) is 3.55. The van der Waals surface area contributed by atoms with Crippen molar-refractivity contribution in [3.8, 4) is 0 Å². The van der Waals surface area contributed by atoms with Crippen LogP contribution >= 0.6 is 11.3 Å². The molecule has 0 saturated carbocycles. The molecule has 2 heterocycles. The Bertz CT molecular complexity index is 761. The fraction of sp³-hybridized carbons (Fsp3) is 0.429. The number of nitrogens with zero attached hydrogens (tertiary/aromatic N) is 2. The van der Waals surface area contributed by atoms with Crippen molar-refractivity contribution in [1.29, 1.82) is 0 Å². The maximum absolute atomic E-state index is 12.2. The summed E-state index contributed by atoms with van der Waals surface area (Å²) in [6.45, 7) is 3.50. The maximum atomic E-state index is 12.2. The van der Waals surface area contributed by atoms with Gasteiger partial charge in [-0.3, -0.25) is 18.8 Å². The summed E-state index contributed by atoms with van der Waals surface area (Å²) >= 11 is 1.29. The van der Waals surface area contributed by atoms with E-state index in [1.165, 1.54) is 21.9 Å². The van der Waals surface area contributed by atoms with Crippen LogP contribution in [0.25, 0.3) is 4.96 Å². The number of aromatic nitrogens is 2. The van der Waals surface area contributed by atoms with Crippen LogP contribution in [-0.4, -0.2) is 32.9 Å². The molecule has 1 amide bonds. The van der Waals surface area contributed by atoms with Gasteiger partial charge in [0, 0.05) is 24.3 Å². The van der Waals surface area contributed by atoms with E-state index in [2.05, 4.69) is 10.3 Å². The zero-order valence-corrected chi connectivity index (χ0v) is 13.1. The highest BCUT2D eigenvalue weighted by Crippen LogP contribution is 2.25. The zero-order chi connectivity index (χ0) is 16.3. The Balaban J connectivity index is 2.22. The van der Waals surface area contributed by atoms with Crippen LogP contribution in [0.2, 0.25) is 0 Å². The number of hydrogen-bond donors (Lipinski definition) is 2. The van der Waals surface area contributed by atoms with Crippen LogP contribution in [-0.2, 0) is 4.79 Å². The summed E-state index contributed by atoms with van der Waals surface area (Å²) in [5.74, 6) is -1.56. The summed E-state index contributed by atoms with van der Waals surface area (Å²) < 4.78 is 1.30. The van der Waals surface area contributed by atoms with Crippen molar-refractivity contribution < 1.29 is 14.7 Å². The molecule has 0 bridgehead atoms. The largest absolute Gasteiger partial charge is 0.481 e. The molecular weight excluding hydrogens is 306 g/mol. The van der Waals surface area contributed by atoms with Gasteiger partial charge in [0.05, 0.1) is 5.41 Å². The highest BCUT2D eigenvalue weighted by atomic mass is 32.1. The molecule has 22 heavy (non-hydrogen) atoms. The van der Waals surface area contributed by atoms with Crippen molar-refractivity contribution in [2.45, 2.75) is 26.7 Å². The zero-order valence-electron chi connectivity index (χ0n) is 12.3. The van der Waals surface area contributed by atoms with Crippen LogP contribution in [0.1, 0.15) is 37.0 Å². The first kappa shape index (κ1) is 16.2. The van der Waals surface area contributed by atoms with Crippen LogP contribution in [0, 0.1) is 5.41 Å². The van der Waals surface area contributed by atoms with E-state index in [1.54, 1.807) is 25.4 Å². The average Bonchev–Trinajstić information content (AvgIpc) is 2.98. The first-order valence-corrected chi connectivity index (χ1v) is 7.79. The molecule has 0 unspecified atom stereocenters. The first-order chi connectivity index (χ1) is 10.4. The standard InChI is InChI=1S/C14H17N3O4S/c1-3-14(4-2,12(20)21)8-16-10(18)9-7-15-13-17(11(9)19)5-6-22-13/h5-7H,3-4,8H2,1-2H3,(H,16,18)(H,20,21). The molecule has 118 valence electrons. The van der Waals surface area contributed by atoms with Crippen molar-refractivity contribution in [1.82, 2.24) is 14.7 Å². The second kappa shape index (κ2) is 6.27. The highest BCUT2D eigenvalue weighted by molar-refractivity contribution is 7.15. The van der Waals surface area contributed by atoms with Crippen molar-refractivity contribution in [3.05, 3.63) is 33.7 Å². The highest BCUT2D eigenvalue weighted by Gasteiger charge is 2.35. The smallest absolute Gasteiger partial charge is 0.311 e. The van der Waals surface area contributed by atoms with Gasteiger partial charge in [0.15, 0.2) is 4.96 Å². The fourth-order valence-electron chi connectivity index (χ4n) is 2.20. The lowest BCUT2D eigenvalue weighted by Gasteiger charge is -2.26. The number of nitrogens with one attached hydrogen (secondary N) is 1. The molecule has 2 rings (SSSR count). The van der Waals surface area contributed by atoms with Gasteiger partial charge in [-0.05, 0) is 12.8 Å². The Labute approximate surface area is 130 Å². The van der Waals surface area contributed by atoms with Gasteiger partial charge < -0.3 is 10.4 Å². The molecule has 0 aliphatic rings. The Morgan fingerprint density at radius 2 is 2.09 bits per heavy atom. The van der Waals surface area contributed by atoms with Crippen LogP contribution in [0.5, 0.6) is 0 Å². The molecule has 0 atom stereocenters. The van der Waals surface area contributed by atoms with Gasteiger partial charge in [0.1, 0.15) is 5.56 Å². The quantitative estimate of drug-likeness (QED) is 0.836. The molecule has 0 fully saturated rings. The lowest BCUT2D eigenvalue weighted by molar-refractivity contribution is -0.149. The minimum atomic E-state index is -1.02. The van der Waals surface area contributed by atoms with Gasteiger partial charge in [-0.1, -0.05) is 13.8 Å². The molecule has 2 aromatic heterocycles. The van der Waals surface area contributed by atoms with E-state index >= 15 is 0 Å². The van der Waals surface area contributed by atoms with E-state index in [0.29, 0.717) is 17.8 Å². The summed E-state index contributed by atoms with van der Waals surface area (Å²) in [7, 11) is 0. The minimum absolute atomic E-state index is 0.0278. The predicted molar refractivity (Wildman–Crippen MR) is 82.3 cm³/mol. The van der Waals surface area contributed by atoms with E-state index in [-0.39, 0.29) is 12.1 Å². The number of hydrogen-bond acceptors (Lipinski definition) is 5. The predicted octanol–water partition coefficient (Wildman–Crippen LogP) is 1.38. The third-order valence-electron chi connectivity index (χ3n) is 3.98. The molecule has 2 N–H and O–H groups in total. The van der Waals surface area contributed by atoms with Gasteiger partial charge in [-0.15, -0.1) is 11.3 Å². The number of fused-ring (bicyclic) bond motifs is 1. The molecule has 0 radical (unpaired) electrons. The molecule has 0 aliphatic carbocycles. The number of rotatable bonds is 6.